The van der Waals surface area contributed by atoms with Gasteiger partial charge in [-0.25, -0.2) is 4.79 Å². The summed E-state index contributed by atoms with van der Waals surface area (Å²) in [5.74, 6) is 0.387. The molecule has 0 radical (unpaired) electrons. The monoisotopic (exact) mass is 368 g/mol. The molecule has 0 saturated carbocycles. The van der Waals surface area contributed by atoms with Gasteiger partial charge in [0.05, 0.1) is 12.3 Å². The Kier molecular flexibility index (Phi) is 5.87. The highest BCUT2D eigenvalue weighted by molar-refractivity contribution is 9.10. The molecule has 0 spiro atoms. The number of ether oxygens (including phenoxy) is 1. The summed E-state index contributed by atoms with van der Waals surface area (Å²) in [5, 5.41) is 0. The van der Waals surface area contributed by atoms with Crippen LogP contribution in [0.5, 0.6) is 0 Å². The molecule has 2 rings (SSSR count). The summed E-state index contributed by atoms with van der Waals surface area (Å²) < 4.78 is 6.25. The second-order valence-corrected chi connectivity index (χ2v) is 6.94. The number of hydrogen-bond donors (Lipinski definition) is 0. The predicted molar refractivity (Wildman–Crippen MR) is 93.3 cm³/mol. The Labute approximate surface area is 141 Å². The zero-order valence-corrected chi connectivity index (χ0v) is 15.3. The highest BCUT2D eigenvalue weighted by atomic mass is 79.9. The smallest absolute Gasteiger partial charge is 0.414 e. The Morgan fingerprint density at radius 3 is 2.73 bits per heavy atom. The van der Waals surface area contributed by atoms with E-state index in [0.717, 1.165) is 23.1 Å². The Bertz CT molecular complexity index is 523. The van der Waals surface area contributed by atoms with E-state index in [2.05, 4.69) is 41.7 Å². The van der Waals surface area contributed by atoms with E-state index < -0.39 is 0 Å². The molecule has 3 atom stereocenters. The van der Waals surface area contributed by atoms with Crippen molar-refractivity contribution in [2.75, 3.05) is 25.1 Å². The van der Waals surface area contributed by atoms with Crippen LogP contribution in [0.15, 0.2) is 28.7 Å². The highest BCUT2D eigenvalue weighted by Gasteiger charge is 2.37. The third-order valence-electron chi connectivity index (χ3n) is 4.48. The van der Waals surface area contributed by atoms with Crippen LogP contribution in [0.3, 0.4) is 0 Å². The number of likely N-dealkylation sites (tertiary alicyclic amines) is 1. The third kappa shape index (κ3) is 3.63. The molecule has 5 heteroatoms. The van der Waals surface area contributed by atoms with E-state index >= 15 is 0 Å². The normalized spacial score (nSPS) is 25.8. The molecule has 0 N–H and O–H groups in total. The van der Waals surface area contributed by atoms with E-state index in [-0.39, 0.29) is 12.1 Å². The zero-order valence-electron chi connectivity index (χ0n) is 13.8. The van der Waals surface area contributed by atoms with Crippen LogP contribution in [-0.2, 0) is 4.74 Å². The molecule has 122 valence electrons. The summed E-state index contributed by atoms with van der Waals surface area (Å²) in [6, 6.07) is 8.43. The number of halogens is 1. The van der Waals surface area contributed by atoms with Crippen LogP contribution in [0.1, 0.15) is 27.2 Å². The van der Waals surface area contributed by atoms with Crippen molar-refractivity contribution in [3.05, 3.63) is 28.7 Å². The summed E-state index contributed by atoms with van der Waals surface area (Å²) in [6.45, 7) is 7.62. The average molecular weight is 369 g/mol. The predicted octanol–water partition coefficient (Wildman–Crippen LogP) is 4.14. The molecular weight excluding hydrogens is 344 g/mol. The van der Waals surface area contributed by atoms with Gasteiger partial charge in [-0.05, 0) is 61.3 Å². The van der Waals surface area contributed by atoms with Gasteiger partial charge in [-0.3, -0.25) is 4.90 Å². The van der Waals surface area contributed by atoms with Crippen LogP contribution in [0.25, 0.3) is 0 Å². The summed E-state index contributed by atoms with van der Waals surface area (Å²) >= 11 is 3.57. The van der Waals surface area contributed by atoms with Crippen molar-refractivity contribution in [3.63, 3.8) is 0 Å². The van der Waals surface area contributed by atoms with Crippen LogP contribution >= 0.6 is 15.9 Å². The molecule has 3 unspecified atom stereocenters. The van der Waals surface area contributed by atoms with Gasteiger partial charge in [-0.2, -0.15) is 0 Å². The minimum absolute atomic E-state index is 0.143. The van der Waals surface area contributed by atoms with Crippen molar-refractivity contribution >= 4 is 27.7 Å². The van der Waals surface area contributed by atoms with Crippen molar-refractivity contribution in [1.82, 2.24) is 4.90 Å². The topological polar surface area (TPSA) is 32.8 Å². The van der Waals surface area contributed by atoms with Gasteiger partial charge in [0.25, 0.3) is 0 Å². The number of piperidine rings is 1. The molecule has 1 fully saturated rings. The molecule has 1 heterocycles. The molecule has 0 aromatic heterocycles. The third-order valence-corrected chi connectivity index (χ3v) is 5.15. The van der Waals surface area contributed by atoms with Crippen LogP contribution < -0.4 is 4.90 Å². The number of amides is 1. The first-order chi connectivity index (χ1) is 10.5. The molecule has 4 nitrogen and oxygen atoms in total. The number of anilines is 1. The van der Waals surface area contributed by atoms with E-state index in [1.54, 1.807) is 0 Å². The number of rotatable bonds is 3. The Balaban J connectivity index is 2.36. The maximum atomic E-state index is 12.6. The minimum Gasteiger partial charge on any atom is -0.449 e. The lowest BCUT2D eigenvalue weighted by atomic mass is 9.88. The first-order valence-corrected chi connectivity index (χ1v) is 8.65. The van der Waals surface area contributed by atoms with Crippen molar-refractivity contribution in [3.8, 4) is 0 Å². The summed E-state index contributed by atoms with van der Waals surface area (Å²) in [4.78, 5) is 16.8. The Morgan fingerprint density at radius 1 is 1.41 bits per heavy atom. The SMILES string of the molecule is CCOC(=O)N(c1ccccc1Br)C1CC(C)N(C)CC1C. The van der Waals surface area contributed by atoms with Gasteiger partial charge < -0.3 is 9.64 Å². The fourth-order valence-electron chi connectivity index (χ4n) is 3.13. The van der Waals surface area contributed by atoms with Crippen LogP contribution in [0.2, 0.25) is 0 Å². The maximum absolute atomic E-state index is 12.6. The number of nitrogens with zero attached hydrogens (tertiary/aromatic N) is 2. The van der Waals surface area contributed by atoms with E-state index in [1.165, 1.54) is 0 Å². The lowest BCUT2D eigenvalue weighted by Crippen LogP contribution is -2.54. The first-order valence-electron chi connectivity index (χ1n) is 7.86. The van der Waals surface area contributed by atoms with Gasteiger partial charge in [0.2, 0.25) is 0 Å². The first kappa shape index (κ1) is 17.3. The van der Waals surface area contributed by atoms with E-state index in [0.29, 0.717) is 18.6 Å². The van der Waals surface area contributed by atoms with Gasteiger partial charge in [-0.15, -0.1) is 0 Å². The quantitative estimate of drug-likeness (QED) is 0.803. The number of carbonyl (C=O) groups is 1. The largest absolute Gasteiger partial charge is 0.449 e. The van der Waals surface area contributed by atoms with Crippen molar-refractivity contribution in [2.24, 2.45) is 5.92 Å². The molecule has 22 heavy (non-hydrogen) atoms. The second-order valence-electron chi connectivity index (χ2n) is 6.09. The summed E-state index contributed by atoms with van der Waals surface area (Å²) in [7, 11) is 2.14. The zero-order chi connectivity index (χ0) is 16.3. The molecule has 0 aliphatic carbocycles. The van der Waals surface area contributed by atoms with Crippen molar-refractivity contribution in [1.29, 1.82) is 0 Å². The molecule has 1 aliphatic heterocycles. The molecule has 1 amide bonds. The number of benzene rings is 1. The summed E-state index contributed by atoms with van der Waals surface area (Å²) in [6.07, 6.45) is 0.681. The highest BCUT2D eigenvalue weighted by Crippen LogP contribution is 2.34. The molecule has 1 saturated heterocycles. The lowest BCUT2D eigenvalue weighted by Gasteiger charge is -2.44. The van der Waals surface area contributed by atoms with E-state index in [9.17, 15) is 4.79 Å². The van der Waals surface area contributed by atoms with Crippen molar-refractivity contribution in [2.45, 2.75) is 39.3 Å². The molecule has 1 aliphatic rings. The molecule has 1 aromatic rings. The minimum atomic E-state index is -0.261. The number of carbonyl (C=O) groups excluding carboxylic acids is 1. The lowest BCUT2D eigenvalue weighted by molar-refractivity contribution is 0.119. The average Bonchev–Trinajstić information content (AvgIpc) is 2.47. The standard InChI is InChI=1S/C17H25BrN2O2/c1-5-22-17(21)20(15-9-7-6-8-14(15)18)16-10-13(3)19(4)11-12(16)2/h6-9,12-13,16H,5,10-11H2,1-4H3. The second kappa shape index (κ2) is 7.47. The van der Waals surface area contributed by atoms with Crippen LogP contribution in [-0.4, -0.2) is 43.3 Å². The van der Waals surface area contributed by atoms with Gasteiger partial charge in [0.1, 0.15) is 0 Å². The maximum Gasteiger partial charge on any atom is 0.414 e. The van der Waals surface area contributed by atoms with E-state index in [4.69, 9.17) is 4.74 Å². The van der Waals surface area contributed by atoms with Gasteiger partial charge >= 0.3 is 6.09 Å². The number of hydrogen-bond acceptors (Lipinski definition) is 3. The van der Waals surface area contributed by atoms with E-state index in [1.807, 2.05) is 36.1 Å². The van der Waals surface area contributed by atoms with Crippen LogP contribution in [0, 0.1) is 5.92 Å². The summed E-state index contributed by atoms with van der Waals surface area (Å²) in [5.41, 5.74) is 0.884. The van der Waals surface area contributed by atoms with Crippen molar-refractivity contribution < 1.29 is 9.53 Å². The van der Waals surface area contributed by atoms with Crippen LogP contribution in [0.4, 0.5) is 10.5 Å². The molecule has 0 bridgehead atoms. The fourth-order valence-corrected chi connectivity index (χ4v) is 3.61. The fraction of sp³-hybridized carbons (Fsp3) is 0.588. The van der Waals surface area contributed by atoms with Gasteiger partial charge in [0.15, 0.2) is 0 Å². The Hall–Kier alpha value is -1.07. The molecule has 1 aromatic carbocycles. The van der Waals surface area contributed by atoms with Gasteiger partial charge in [0, 0.05) is 23.1 Å². The van der Waals surface area contributed by atoms with Gasteiger partial charge in [-0.1, -0.05) is 19.1 Å². The Morgan fingerprint density at radius 2 is 2.09 bits per heavy atom. The molecular formula is C17H25BrN2O2. The number of para-hydroxylation sites is 1.